The van der Waals surface area contributed by atoms with Crippen molar-refractivity contribution in [2.75, 3.05) is 20.3 Å². The zero-order valence-electron chi connectivity index (χ0n) is 23.8. The van der Waals surface area contributed by atoms with E-state index in [-0.39, 0.29) is 25.5 Å². The van der Waals surface area contributed by atoms with Crippen molar-refractivity contribution in [3.05, 3.63) is 131 Å². The third kappa shape index (κ3) is 5.49. The Bertz CT molecular complexity index is 1650. The van der Waals surface area contributed by atoms with E-state index in [0.717, 1.165) is 11.1 Å². The van der Waals surface area contributed by atoms with Crippen molar-refractivity contribution in [3.63, 3.8) is 0 Å². The first-order chi connectivity index (χ1) is 21.0. The molecule has 0 fully saturated rings. The number of methoxy groups -OCH3 is 1. The van der Waals surface area contributed by atoms with E-state index >= 15 is 0 Å². The molecule has 0 bridgehead atoms. The number of aliphatic hydroxyl groups excluding tert-OH is 1. The van der Waals surface area contributed by atoms with Crippen molar-refractivity contribution >= 4 is 17.7 Å². The van der Waals surface area contributed by atoms with Crippen molar-refractivity contribution in [1.29, 1.82) is 0 Å². The molecule has 8 nitrogen and oxygen atoms in total. The zero-order chi connectivity index (χ0) is 29.8. The van der Waals surface area contributed by atoms with E-state index in [9.17, 15) is 9.59 Å². The van der Waals surface area contributed by atoms with Gasteiger partial charge in [0.2, 0.25) is 5.90 Å². The highest BCUT2D eigenvalue weighted by Crippen LogP contribution is 2.46. The Hall–Kier alpha value is -4.95. The number of hydrogen-bond acceptors (Lipinski definition) is 7. The van der Waals surface area contributed by atoms with Crippen molar-refractivity contribution < 1.29 is 28.9 Å². The topological polar surface area (TPSA) is 97.7 Å². The molecule has 4 aromatic rings. The van der Waals surface area contributed by atoms with Crippen molar-refractivity contribution in [2.45, 2.75) is 31.0 Å². The van der Waals surface area contributed by atoms with E-state index in [1.807, 2.05) is 66.7 Å². The Morgan fingerprint density at radius 2 is 1.70 bits per heavy atom. The Morgan fingerprint density at radius 3 is 2.44 bits per heavy atom. The Morgan fingerprint density at radius 1 is 0.953 bits per heavy atom. The molecule has 0 saturated carbocycles. The molecule has 8 heteroatoms. The van der Waals surface area contributed by atoms with Crippen LogP contribution in [0.5, 0.6) is 11.5 Å². The van der Waals surface area contributed by atoms with Crippen LogP contribution in [0.2, 0.25) is 0 Å². The largest absolute Gasteiger partial charge is 0.497 e. The maximum Gasteiger partial charge on any atom is 0.262 e. The van der Waals surface area contributed by atoms with Crippen molar-refractivity contribution in [3.8, 4) is 11.5 Å². The Labute approximate surface area is 250 Å². The molecular formula is C35H32N2O6. The molecule has 0 unspecified atom stereocenters. The molecule has 2 aliphatic heterocycles. The third-order valence-corrected chi connectivity index (χ3v) is 7.82. The highest BCUT2D eigenvalue weighted by molar-refractivity contribution is 6.10. The van der Waals surface area contributed by atoms with Gasteiger partial charge in [0.25, 0.3) is 11.8 Å². The SMILES string of the molecule is COc1cccc([C@@H]2OC(c3ccc(OCCCO)cc3)=N[C@@]23Cc2ccccc2CN(C(=O)c2ccccc2)C3=O)c1. The number of carbonyl (C=O) groups is 2. The molecule has 1 spiro atoms. The number of benzene rings is 4. The molecule has 6 rings (SSSR count). The number of carbonyl (C=O) groups excluding carboxylic acids is 2. The highest BCUT2D eigenvalue weighted by atomic mass is 16.5. The lowest BCUT2D eigenvalue weighted by Gasteiger charge is -2.32. The molecule has 2 heterocycles. The standard InChI is InChI=1S/C35H32N2O6/c1-41-30-14-7-13-26(21-30)31-35(36-32(43-31)24-15-17-29(18-16-24)42-20-8-19-38)22-27-11-5-6-12-28(27)23-37(34(35)40)33(39)25-9-3-2-4-10-25/h2-7,9-18,21,31,38H,8,19-20,22-23H2,1H3/t31-,35-/m0/s1. The molecule has 43 heavy (non-hydrogen) atoms. The van der Waals surface area contributed by atoms with Crippen LogP contribution in [0, 0.1) is 0 Å². The fourth-order valence-corrected chi connectivity index (χ4v) is 5.62. The van der Waals surface area contributed by atoms with Crippen molar-refractivity contribution in [2.24, 2.45) is 4.99 Å². The van der Waals surface area contributed by atoms with Crippen LogP contribution in [0.25, 0.3) is 0 Å². The second-order valence-corrected chi connectivity index (χ2v) is 10.6. The van der Waals surface area contributed by atoms with Gasteiger partial charge in [-0.2, -0.15) is 0 Å². The quantitative estimate of drug-likeness (QED) is 0.231. The van der Waals surface area contributed by atoms with Gasteiger partial charge in [-0.1, -0.05) is 54.6 Å². The van der Waals surface area contributed by atoms with Crippen LogP contribution in [-0.2, 0) is 22.5 Å². The molecule has 2 atom stereocenters. The number of ether oxygens (including phenoxy) is 3. The van der Waals surface area contributed by atoms with Crippen LogP contribution in [-0.4, -0.2) is 53.6 Å². The van der Waals surface area contributed by atoms with Crippen LogP contribution in [0.4, 0.5) is 0 Å². The third-order valence-electron chi connectivity index (χ3n) is 7.82. The summed E-state index contributed by atoms with van der Waals surface area (Å²) in [6.45, 7) is 0.574. The minimum atomic E-state index is -1.46. The highest BCUT2D eigenvalue weighted by Gasteiger charge is 2.57. The van der Waals surface area contributed by atoms with E-state index < -0.39 is 17.6 Å². The van der Waals surface area contributed by atoms with Gasteiger partial charge in [0, 0.05) is 30.6 Å². The van der Waals surface area contributed by atoms with E-state index in [1.165, 1.54) is 4.90 Å². The number of amides is 2. The average molecular weight is 577 g/mol. The zero-order valence-corrected chi connectivity index (χ0v) is 23.8. The molecule has 0 aliphatic carbocycles. The summed E-state index contributed by atoms with van der Waals surface area (Å²) in [6.07, 6.45) is -0.0545. The molecule has 1 N–H and O–H groups in total. The summed E-state index contributed by atoms with van der Waals surface area (Å²) in [6, 6.07) is 31.3. The number of aliphatic imine (C=N–C) groups is 1. The molecule has 4 aromatic carbocycles. The normalized spacial score (nSPS) is 19.3. The first-order valence-corrected chi connectivity index (χ1v) is 14.2. The van der Waals surface area contributed by atoms with E-state index in [0.29, 0.717) is 47.1 Å². The van der Waals surface area contributed by atoms with Crippen LogP contribution >= 0.6 is 0 Å². The summed E-state index contributed by atoms with van der Waals surface area (Å²) >= 11 is 0. The predicted octanol–water partition coefficient (Wildman–Crippen LogP) is 5.14. The second kappa shape index (κ2) is 12.1. The summed E-state index contributed by atoms with van der Waals surface area (Å²) < 4.78 is 17.8. The van der Waals surface area contributed by atoms with E-state index in [1.54, 1.807) is 43.5 Å². The van der Waals surface area contributed by atoms with Gasteiger partial charge >= 0.3 is 0 Å². The number of hydrogen-bond donors (Lipinski definition) is 1. The minimum Gasteiger partial charge on any atom is -0.497 e. The molecule has 2 aliphatic rings. The van der Waals surface area contributed by atoms with E-state index in [2.05, 4.69) is 0 Å². The predicted molar refractivity (Wildman–Crippen MR) is 161 cm³/mol. The maximum atomic E-state index is 14.8. The van der Waals surface area contributed by atoms with Gasteiger partial charge in [0.1, 0.15) is 11.5 Å². The fourth-order valence-electron chi connectivity index (χ4n) is 5.62. The molecular weight excluding hydrogens is 544 g/mol. The van der Waals surface area contributed by atoms with Gasteiger partial charge in [-0.15, -0.1) is 0 Å². The summed E-state index contributed by atoms with van der Waals surface area (Å²) in [5.74, 6) is 0.750. The minimum absolute atomic E-state index is 0.0530. The monoisotopic (exact) mass is 576 g/mol. The fraction of sp³-hybridized carbons (Fsp3) is 0.229. The van der Waals surface area contributed by atoms with Crippen LogP contribution in [0.3, 0.4) is 0 Å². The number of fused-ring (bicyclic) bond motifs is 1. The molecule has 0 aromatic heterocycles. The average Bonchev–Trinajstić information content (AvgIpc) is 3.39. The lowest BCUT2D eigenvalue weighted by atomic mass is 9.81. The summed E-state index contributed by atoms with van der Waals surface area (Å²) in [4.78, 5) is 35.1. The first-order valence-electron chi connectivity index (χ1n) is 14.2. The second-order valence-electron chi connectivity index (χ2n) is 10.6. The Balaban J connectivity index is 1.48. The molecule has 2 amide bonds. The first kappa shape index (κ1) is 28.2. The maximum absolute atomic E-state index is 14.8. The molecule has 0 radical (unpaired) electrons. The lowest BCUT2D eigenvalue weighted by molar-refractivity contribution is -0.137. The van der Waals surface area contributed by atoms with Gasteiger partial charge in [-0.3, -0.25) is 14.5 Å². The number of nitrogens with zero attached hydrogens (tertiary/aromatic N) is 2. The molecule has 218 valence electrons. The van der Waals surface area contributed by atoms with Gasteiger partial charge in [-0.05, 0) is 65.2 Å². The van der Waals surface area contributed by atoms with Gasteiger partial charge < -0.3 is 19.3 Å². The van der Waals surface area contributed by atoms with E-state index in [4.69, 9.17) is 24.3 Å². The summed E-state index contributed by atoms with van der Waals surface area (Å²) in [5, 5.41) is 9.05. The number of aliphatic hydroxyl groups is 1. The number of imide groups is 1. The summed E-state index contributed by atoms with van der Waals surface area (Å²) in [5.41, 5.74) is 2.15. The lowest BCUT2D eigenvalue weighted by Crippen LogP contribution is -2.51. The smallest absolute Gasteiger partial charge is 0.262 e. The molecule has 0 saturated heterocycles. The summed E-state index contributed by atoms with van der Waals surface area (Å²) in [7, 11) is 1.59. The Kier molecular flexibility index (Phi) is 7.94. The van der Waals surface area contributed by atoms with Gasteiger partial charge in [-0.25, -0.2) is 4.99 Å². The van der Waals surface area contributed by atoms with Gasteiger partial charge in [0.15, 0.2) is 11.6 Å². The van der Waals surface area contributed by atoms with Crippen molar-refractivity contribution in [1.82, 2.24) is 4.90 Å². The van der Waals surface area contributed by atoms with Gasteiger partial charge in [0.05, 0.1) is 20.3 Å². The van der Waals surface area contributed by atoms with Crippen LogP contribution in [0.15, 0.2) is 108 Å². The van der Waals surface area contributed by atoms with Crippen LogP contribution in [0.1, 0.15) is 45.1 Å². The number of rotatable bonds is 8. The van der Waals surface area contributed by atoms with Crippen LogP contribution < -0.4 is 9.47 Å².